The van der Waals surface area contributed by atoms with Crippen molar-refractivity contribution in [2.24, 2.45) is 0 Å². The van der Waals surface area contributed by atoms with Gasteiger partial charge in [0.15, 0.2) is 0 Å². The van der Waals surface area contributed by atoms with Crippen molar-refractivity contribution < 1.29 is 9.18 Å². The fourth-order valence-corrected chi connectivity index (χ4v) is 1.67. The molecule has 0 aliphatic heterocycles. The van der Waals surface area contributed by atoms with E-state index in [1.807, 2.05) is 0 Å². The Balaban J connectivity index is 2.86. The van der Waals surface area contributed by atoms with Crippen molar-refractivity contribution in [2.75, 3.05) is 13.1 Å². The quantitative estimate of drug-likeness (QED) is 0.632. The summed E-state index contributed by atoms with van der Waals surface area (Å²) in [6, 6.07) is 7.93. The van der Waals surface area contributed by atoms with Crippen molar-refractivity contribution in [3.63, 3.8) is 0 Å². The Labute approximate surface area is 118 Å². The number of hydrogen-bond acceptors (Lipinski definition) is 3. The molecule has 19 heavy (non-hydrogen) atoms. The predicted octanol–water partition coefficient (Wildman–Crippen LogP) is 2.48. The van der Waals surface area contributed by atoms with Gasteiger partial charge in [-0.05, 0) is 24.3 Å². The highest BCUT2D eigenvalue weighted by molar-refractivity contribution is 9.10. The molecular formula is C13H9BrFN3O. The minimum atomic E-state index is -0.512. The van der Waals surface area contributed by atoms with Crippen molar-refractivity contribution in [3.05, 3.63) is 40.1 Å². The summed E-state index contributed by atoms with van der Waals surface area (Å²) in [6.45, 7) is -0.366. The molecule has 1 aromatic carbocycles. The zero-order valence-corrected chi connectivity index (χ0v) is 11.4. The number of halogens is 2. The first kappa shape index (κ1) is 14.9. The Hall–Kier alpha value is -2.18. The van der Waals surface area contributed by atoms with Crippen molar-refractivity contribution in [2.45, 2.75) is 0 Å². The molecule has 0 heterocycles. The molecule has 0 saturated heterocycles. The number of nitriles is 2. The van der Waals surface area contributed by atoms with E-state index >= 15 is 0 Å². The normalized spacial score (nSPS) is 9.89. The fourth-order valence-electron chi connectivity index (χ4n) is 1.29. The molecule has 0 aliphatic carbocycles. The number of carbonyl (C=O) groups excluding carboxylic acids is 1. The van der Waals surface area contributed by atoms with Crippen LogP contribution in [0.4, 0.5) is 4.39 Å². The van der Waals surface area contributed by atoms with Crippen LogP contribution >= 0.6 is 15.9 Å². The maximum absolute atomic E-state index is 13.4. The average molecular weight is 322 g/mol. The van der Waals surface area contributed by atoms with Crippen LogP contribution in [-0.2, 0) is 4.79 Å². The van der Waals surface area contributed by atoms with Gasteiger partial charge in [0.1, 0.15) is 18.9 Å². The first-order valence-corrected chi connectivity index (χ1v) is 6.03. The van der Waals surface area contributed by atoms with Crippen LogP contribution in [0.3, 0.4) is 0 Å². The summed E-state index contributed by atoms with van der Waals surface area (Å²) in [5, 5.41) is 17.1. The van der Waals surface area contributed by atoms with Gasteiger partial charge in [-0.25, -0.2) is 4.39 Å². The van der Waals surface area contributed by atoms with Gasteiger partial charge in [0.25, 0.3) is 0 Å². The van der Waals surface area contributed by atoms with E-state index in [4.69, 9.17) is 10.5 Å². The third-order valence-corrected chi connectivity index (χ3v) is 2.69. The average Bonchev–Trinajstić information content (AvgIpc) is 2.39. The molecule has 0 spiro atoms. The van der Waals surface area contributed by atoms with Crippen LogP contribution in [0.25, 0.3) is 6.08 Å². The molecule has 0 unspecified atom stereocenters. The number of amides is 1. The highest BCUT2D eigenvalue weighted by atomic mass is 79.9. The molecule has 0 aromatic heterocycles. The van der Waals surface area contributed by atoms with Gasteiger partial charge in [0.2, 0.25) is 5.91 Å². The molecule has 0 atom stereocenters. The zero-order chi connectivity index (χ0) is 14.3. The number of nitrogens with zero attached hydrogens (tertiary/aromatic N) is 3. The standard InChI is InChI=1S/C13H9BrFN3O/c14-11-2-3-12(15)10(9-11)1-4-13(19)18(7-5-16)8-6-17/h1-4,9H,7-8H2/b4-1+. The first-order valence-electron chi connectivity index (χ1n) is 5.24. The monoisotopic (exact) mass is 321 g/mol. The highest BCUT2D eigenvalue weighted by Crippen LogP contribution is 2.16. The van der Waals surface area contributed by atoms with E-state index in [0.29, 0.717) is 4.47 Å². The van der Waals surface area contributed by atoms with E-state index in [9.17, 15) is 9.18 Å². The molecule has 0 bridgehead atoms. The summed E-state index contributed by atoms with van der Waals surface area (Å²) in [5.41, 5.74) is 0.247. The molecule has 1 aromatic rings. The van der Waals surface area contributed by atoms with Crippen LogP contribution in [0.1, 0.15) is 5.56 Å². The fraction of sp³-hybridized carbons (Fsp3) is 0.154. The first-order chi connectivity index (χ1) is 9.08. The Morgan fingerprint density at radius 1 is 1.37 bits per heavy atom. The maximum Gasteiger partial charge on any atom is 0.248 e. The summed E-state index contributed by atoms with van der Waals surface area (Å²) < 4.78 is 14.1. The van der Waals surface area contributed by atoms with Crippen molar-refractivity contribution in [1.29, 1.82) is 10.5 Å². The van der Waals surface area contributed by atoms with Crippen molar-refractivity contribution in [1.82, 2.24) is 4.90 Å². The molecule has 0 fully saturated rings. The minimum absolute atomic E-state index is 0.183. The summed E-state index contributed by atoms with van der Waals surface area (Å²) in [5.74, 6) is -0.971. The van der Waals surface area contributed by atoms with E-state index in [2.05, 4.69) is 15.9 Å². The summed E-state index contributed by atoms with van der Waals surface area (Å²) in [4.78, 5) is 12.8. The molecule has 0 aliphatic rings. The van der Waals surface area contributed by atoms with E-state index in [-0.39, 0.29) is 18.7 Å². The lowest BCUT2D eigenvalue weighted by atomic mass is 10.2. The molecule has 96 valence electrons. The Morgan fingerprint density at radius 3 is 2.58 bits per heavy atom. The van der Waals surface area contributed by atoms with Gasteiger partial charge < -0.3 is 4.90 Å². The predicted molar refractivity (Wildman–Crippen MR) is 70.9 cm³/mol. The Bertz CT molecular complexity index is 571. The minimum Gasteiger partial charge on any atom is -0.313 e. The van der Waals surface area contributed by atoms with E-state index in [1.165, 1.54) is 18.2 Å². The second-order valence-electron chi connectivity index (χ2n) is 3.51. The van der Waals surface area contributed by atoms with Gasteiger partial charge in [-0.15, -0.1) is 0 Å². The maximum atomic E-state index is 13.4. The van der Waals surface area contributed by atoms with Gasteiger partial charge in [-0.2, -0.15) is 10.5 Å². The smallest absolute Gasteiger partial charge is 0.248 e. The summed E-state index contributed by atoms with van der Waals surface area (Å²) in [6.07, 6.45) is 2.45. The van der Waals surface area contributed by atoms with Crippen LogP contribution in [0.2, 0.25) is 0 Å². The SMILES string of the molecule is N#CCN(CC#N)C(=O)/C=C/c1cc(Br)ccc1F. The van der Waals surface area contributed by atoms with E-state index in [0.717, 1.165) is 11.0 Å². The van der Waals surface area contributed by atoms with E-state index < -0.39 is 11.7 Å². The second-order valence-corrected chi connectivity index (χ2v) is 4.43. The highest BCUT2D eigenvalue weighted by Gasteiger charge is 2.09. The van der Waals surface area contributed by atoms with Gasteiger partial charge in [-0.1, -0.05) is 15.9 Å². The molecular weight excluding hydrogens is 313 g/mol. The molecule has 0 radical (unpaired) electrons. The number of benzene rings is 1. The lowest BCUT2D eigenvalue weighted by Gasteiger charge is -2.12. The number of rotatable bonds is 4. The lowest BCUT2D eigenvalue weighted by Crippen LogP contribution is -2.30. The van der Waals surface area contributed by atoms with Crippen LogP contribution in [0.5, 0.6) is 0 Å². The van der Waals surface area contributed by atoms with Gasteiger partial charge in [0.05, 0.1) is 12.1 Å². The largest absolute Gasteiger partial charge is 0.313 e. The van der Waals surface area contributed by atoms with Crippen LogP contribution < -0.4 is 0 Å². The Kier molecular flexibility index (Phi) is 5.72. The third kappa shape index (κ3) is 4.53. The molecule has 6 heteroatoms. The summed E-state index contributed by atoms with van der Waals surface area (Å²) in [7, 11) is 0. The van der Waals surface area contributed by atoms with Crippen molar-refractivity contribution in [3.8, 4) is 12.1 Å². The zero-order valence-electron chi connectivity index (χ0n) is 9.81. The van der Waals surface area contributed by atoms with Crippen LogP contribution in [0, 0.1) is 28.5 Å². The van der Waals surface area contributed by atoms with Crippen LogP contribution in [-0.4, -0.2) is 23.9 Å². The Morgan fingerprint density at radius 2 is 2.00 bits per heavy atom. The number of carbonyl (C=O) groups is 1. The molecule has 0 N–H and O–H groups in total. The molecule has 1 amide bonds. The molecule has 1 rings (SSSR count). The molecule has 0 saturated carbocycles. The van der Waals surface area contributed by atoms with E-state index in [1.54, 1.807) is 18.2 Å². The summed E-state index contributed by atoms with van der Waals surface area (Å²) >= 11 is 3.20. The van der Waals surface area contributed by atoms with Gasteiger partial charge in [-0.3, -0.25) is 4.79 Å². The topological polar surface area (TPSA) is 67.9 Å². The third-order valence-electron chi connectivity index (χ3n) is 2.20. The second kappa shape index (κ2) is 7.30. The lowest BCUT2D eigenvalue weighted by molar-refractivity contribution is -0.124. The van der Waals surface area contributed by atoms with Gasteiger partial charge in [0, 0.05) is 16.1 Å². The van der Waals surface area contributed by atoms with Crippen LogP contribution in [0.15, 0.2) is 28.7 Å². The van der Waals surface area contributed by atoms with Gasteiger partial charge >= 0.3 is 0 Å². The van der Waals surface area contributed by atoms with Crippen molar-refractivity contribution >= 4 is 27.9 Å². The molecule has 4 nitrogen and oxygen atoms in total. The number of hydrogen-bond donors (Lipinski definition) is 0.